The molecule has 3 heterocycles. The molecule has 0 radical (unpaired) electrons. The van der Waals surface area contributed by atoms with Gasteiger partial charge in [0.1, 0.15) is 11.3 Å². The highest BCUT2D eigenvalue weighted by Gasteiger charge is 2.35. The number of carbonyl (C=O) groups excluding carboxylic acids is 1. The van der Waals surface area contributed by atoms with E-state index in [9.17, 15) is 4.79 Å². The van der Waals surface area contributed by atoms with E-state index < -0.39 is 0 Å². The number of hydrogen-bond acceptors (Lipinski definition) is 5. The Balaban J connectivity index is 1.47. The molecule has 2 amide bonds. The molecule has 1 fully saturated rings. The molecule has 0 spiro atoms. The van der Waals surface area contributed by atoms with E-state index in [0.717, 1.165) is 17.8 Å². The normalized spacial score (nSPS) is 20.2. The number of carbonyl (C=O) groups is 1. The lowest BCUT2D eigenvalue weighted by molar-refractivity contribution is 0.168. The Labute approximate surface area is 187 Å². The third kappa shape index (κ3) is 4.19. The van der Waals surface area contributed by atoms with Gasteiger partial charge in [-0.3, -0.25) is 5.32 Å². The highest BCUT2D eigenvalue weighted by Crippen LogP contribution is 2.29. The van der Waals surface area contributed by atoms with E-state index in [1.807, 2.05) is 31.2 Å². The minimum absolute atomic E-state index is 0.0480. The zero-order chi connectivity index (χ0) is 22.1. The molecule has 8 heteroatoms. The Morgan fingerprint density at radius 3 is 2.84 bits per heavy atom. The Bertz CT molecular complexity index is 1080. The molecule has 3 atom stereocenters. The summed E-state index contributed by atoms with van der Waals surface area (Å²) in [5.41, 5.74) is 2.63. The van der Waals surface area contributed by atoms with Gasteiger partial charge in [-0.25, -0.2) is 9.78 Å². The molecule has 4 rings (SSSR count). The lowest BCUT2D eigenvalue weighted by Gasteiger charge is -2.45. The minimum atomic E-state index is -0.222. The molecule has 7 nitrogen and oxygen atoms in total. The number of piperazine rings is 1. The average Bonchev–Trinajstić information content (AvgIpc) is 3.17. The van der Waals surface area contributed by atoms with Crippen molar-refractivity contribution in [3.05, 3.63) is 47.1 Å². The Morgan fingerprint density at radius 2 is 2.10 bits per heavy atom. The number of urea groups is 1. The molecule has 31 heavy (non-hydrogen) atoms. The SMILES string of the molecule is CCC(C)c1ccc2oc(NC(=O)N3CCN(c4ncccc4Cl)[C@H](C)[C@H]3C)nc2c1. The van der Waals surface area contributed by atoms with Crippen molar-refractivity contribution in [1.29, 1.82) is 0 Å². The van der Waals surface area contributed by atoms with Crippen molar-refractivity contribution in [2.75, 3.05) is 23.3 Å². The number of benzene rings is 1. The van der Waals surface area contributed by atoms with Crippen LogP contribution in [0.1, 0.15) is 45.6 Å². The van der Waals surface area contributed by atoms with Gasteiger partial charge in [0.15, 0.2) is 5.58 Å². The number of nitrogens with zero attached hydrogens (tertiary/aromatic N) is 4. The molecule has 0 aliphatic carbocycles. The summed E-state index contributed by atoms with van der Waals surface area (Å²) >= 11 is 6.34. The second-order valence-electron chi connectivity index (χ2n) is 8.16. The largest absolute Gasteiger partial charge is 0.423 e. The quantitative estimate of drug-likeness (QED) is 0.576. The zero-order valence-corrected chi connectivity index (χ0v) is 19.1. The van der Waals surface area contributed by atoms with Crippen molar-refractivity contribution in [2.24, 2.45) is 0 Å². The molecule has 2 aromatic heterocycles. The van der Waals surface area contributed by atoms with Crippen LogP contribution in [0.2, 0.25) is 5.02 Å². The Kier molecular flexibility index (Phi) is 6.05. The summed E-state index contributed by atoms with van der Waals surface area (Å²) in [4.78, 5) is 25.8. The van der Waals surface area contributed by atoms with E-state index in [0.29, 0.717) is 29.6 Å². The van der Waals surface area contributed by atoms with Crippen molar-refractivity contribution in [1.82, 2.24) is 14.9 Å². The van der Waals surface area contributed by atoms with Gasteiger partial charge in [0.25, 0.3) is 0 Å². The van der Waals surface area contributed by atoms with Gasteiger partial charge in [0.2, 0.25) is 0 Å². The van der Waals surface area contributed by atoms with E-state index in [1.165, 1.54) is 5.56 Å². The Morgan fingerprint density at radius 1 is 1.29 bits per heavy atom. The molecule has 1 aliphatic rings. The number of fused-ring (bicyclic) bond motifs is 1. The first-order valence-electron chi connectivity index (χ1n) is 10.7. The number of nitrogens with one attached hydrogen (secondary N) is 1. The number of aromatic nitrogens is 2. The third-order valence-electron chi connectivity index (χ3n) is 6.34. The molecule has 1 aliphatic heterocycles. The number of anilines is 2. The van der Waals surface area contributed by atoms with Gasteiger partial charge in [-0.1, -0.05) is 31.5 Å². The predicted molar refractivity (Wildman–Crippen MR) is 124 cm³/mol. The number of hydrogen-bond donors (Lipinski definition) is 1. The van der Waals surface area contributed by atoms with Gasteiger partial charge in [-0.05, 0) is 56.0 Å². The monoisotopic (exact) mass is 441 g/mol. The van der Waals surface area contributed by atoms with E-state index in [1.54, 1.807) is 11.1 Å². The highest BCUT2D eigenvalue weighted by atomic mass is 35.5. The molecular formula is C23H28ClN5O2. The molecule has 1 N–H and O–H groups in total. The smallest absolute Gasteiger partial charge is 0.325 e. The van der Waals surface area contributed by atoms with Crippen LogP contribution in [0.5, 0.6) is 0 Å². The molecule has 1 aromatic carbocycles. The summed E-state index contributed by atoms with van der Waals surface area (Å²) in [5.74, 6) is 1.20. The maximum Gasteiger partial charge on any atom is 0.325 e. The second kappa shape index (κ2) is 8.75. The summed E-state index contributed by atoms with van der Waals surface area (Å²) in [6.45, 7) is 9.63. The van der Waals surface area contributed by atoms with Crippen LogP contribution in [0.25, 0.3) is 11.1 Å². The fourth-order valence-electron chi connectivity index (χ4n) is 4.02. The van der Waals surface area contributed by atoms with Gasteiger partial charge in [-0.2, -0.15) is 4.98 Å². The highest BCUT2D eigenvalue weighted by molar-refractivity contribution is 6.32. The van der Waals surface area contributed by atoms with Crippen molar-refractivity contribution in [3.8, 4) is 0 Å². The van der Waals surface area contributed by atoms with E-state index in [4.69, 9.17) is 16.0 Å². The molecular weight excluding hydrogens is 414 g/mol. The summed E-state index contributed by atoms with van der Waals surface area (Å²) in [7, 11) is 0. The standard InChI is InChI=1S/C23H28ClN5O2/c1-5-14(2)17-8-9-20-19(13-17)26-22(31-20)27-23(30)29-12-11-28(15(3)16(29)4)21-18(24)7-6-10-25-21/h6-10,13-16H,5,11-12H2,1-4H3,(H,26,27,30)/t14?,15-,16-/m1/s1. The van der Waals surface area contributed by atoms with Crippen LogP contribution in [0, 0.1) is 0 Å². The lowest BCUT2D eigenvalue weighted by atomic mass is 9.98. The van der Waals surface area contributed by atoms with Crippen LogP contribution in [-0.2, 0) is 0 Å². The molecule has 3 aromatic rings. The first kappa shape index (κ1) is 21.4. The fourth-order valence-corrected chi connectivity index (χ4v) is 4.25. The number of oxazole rings is 1. The first-order valence-corrected chi connectivity index (χ1v) is 11.1. The minimum Gasteiger partial charge on any atom is -0.423 e. The summed E-state index contributed by atoms with van der Waals surface area (Å²) in [6, 6.07) is 9.65. The summed E-state index contributed by atoms with van der Waals surface area (Å²) < 4.78 is 5.76. The first-order chi connectivity index (χ1) is 14.9. The van der Waals surface area contributed by atoms with Crippen LogP contribution < -0.4 is 10.2 Å². The van der Waals surface area contributed by atoms with Gasteiger partial charge in [0, 0.05) is 25.3 Å². The number of pyridine rings is 1. The summed E-state index contributed by atoms with van der Waals surface area (Å²) in [5, 5.41) is 3.44. The average molecular weight is 442 g/mol. The van der Waals surface area contributed by atoms with E-state index in [-0.39, 0.29) is 24.1 Å². The summed E-state index contributed by atoms with van der Waals surface area (Å²) in [6.07, 6.45) is 2.79. The molecule has 1 saturated heterocycles. The molecule has 0 bridgehead atoms. The molecule has 164 valence electrons. The number of amides is 2. The predicted octanol–water partition coefficient (Wildman–Crippen LogP) is 5.52. The van der Waals surface area contributed by atoms with Crippen molar-refractivity contribution < 1.29 is 9.21 Å². The van der Waals surface area contributed by atoms with Crippen LogP contribution in [-0.4, -0.2) is 46.1 Å². The Hall–Kier alpha value is -2.80. The van der Waals surface area contributed by atoms with E-state index >= 15 is 0 Å². The van der Waals surface area contributed by atoms with Gasteiger partial charge in [0.05, 0.1) is 11.1 Å². The molecule has 1 unspecified atom stereocenters. The van der Waals surface area contributed by atoms with Crippen LogP contribution >= 0.6 is 11.6 Å². The topological polar surface area (TPSA) is 74.5 Å². The van der Waals surface area contributed by atoms with Crippen molar-refractivity contribution >= 4 is 40.6 Å². The van der Waals surface area contributed by atoms with Crippen LogP contribution in [0.15, 0.2) is 40.9 Å². The van der Waals surface area contributed by atoms with Crippen LogP contribution in [0.4, 0.5) is 16.6 Å². The van der Waals surface area contributed by atoms with Gasteiger partial charge in [-0.15, -0.1) is 0 Å². The van der Waals surface area contributed by atoms with Gasteiger partial charge < -0.3 is 14.2 Å². The van der Waals surface area contributed by atoms with Crippen molar-refractivity contribution in [2.45, 2.75) is 52.1 Å². The van der Waals surface area contributed by atoms with E-state index in [2.05, 4.69) is 47.0 Å². The maximum atomic E-state index is 13.0. The number of rotatable bonds is 4. The van der Waals surface area contributed by atoms with Crippen molar-refractivity contribution in [3.63, 3.8) is 0 Å². The third-order valence-corrected chi connectivity index (χ3v) is 6.64. The zero-order valence-electron chi connectivity index (χ0n) is 18.3. The maximum absolute atomic E-state index is 13.0. The number of halogens is 1. The van der Waals surface area contributed by atoms with Gasteiger partial charge >= 0.3 is 12.0 Å². The molecule has 0 saturated carbocycles. The lowest BCUT2D eigenvalue weighted by Crippen LogP contribution is -2.60. The van der Waals surface area contributed by atoms with Crippen LogP contribution in [0.3, 0.4) is 0 Å². The fraction of sp³-hybridized carbons (Fsp3) is 0.435. The second-order valence-corrected chi connectivity index (χ2v) is 8.57.